The Labute approximate surface area is 116 Å². The van der Waals surface area contributed by atoms with Gasteiger partial charge in [0.05, 0.1) is 18.7 Å². The number of amides is 1. The highest BCUT2D eigenvalue weighted by molar-refractivity contribution is 5.81. The van der Waals surface area contributed by atoms with Crippen LogP contribution in [0, 0.1) is 23.2 Å². The Bertz CT molecular complexity index is 323. The van der Waals surface area contributed by atoms with Gasteiger partial charge in [0.15, 0.2) is 0 Å². The lowest BCUT2D eigenvalue weighted by molar-refractivity contribution is -0.133. The van der Waals surface area contributed by atoms with Crippen LogP contribution in [0.4, 0.5) is 0 Å². The maximum absolute atomic E-state index is 12.3. The molecular formula is C15H26N2O2. The Hall–Kier alpha value is -1.08. The van der Waals surface area contributed by atoms with Crippen molar-refractivity contribution in [3.8, 4) is 6.07 Å². The summed E-state index contributed by atoms with van der Waals surface area (Å²) in [6.45, 7) is 5.01. The Balaban J connectivity index is 2.40. The van der Waals surface area contributed by atoms with Gasteiger partial charge in [0, 0.05) is 18.9 Å². The number of hydrogen-bond acceptors (Lipinski definition) is 3. The molecule has 0 aromatic heterocycles. The van der Waals surface area contributed by atoms with Crippen molar-refractivity contribution in [2.24, 2.45) is 11.8 Å². The van der Waals surface area contributed by atoms with Crippen LogP contribution in [0.3, 0.4) is 0 Å². The number of nitrogens with zero attached hydrogens (tertiary/aromatic N) is 2. The van der Waals surface area contributed by atoms with Gasteiger partial charge in [-0.3, -0.25) is 4.79 Å². The minimum atomic E-state index is 0.0130. The van der Waals surface area contributed by atoms with E-state index >= 15 is 0 Å². The summed E-state index contributed by atoms with van der Waals surface area (Å²) in [5.74, 6) is 0.735. The molecule has 1 rings (SSSR count). The first-order valence-corrected chi connectivity index (χ1v) is 7.38. The van der Waals surface area contributed by atoms with Gasteiger partial charge < -0.3 is 10.0 Å². The second-order valence-corrected chi connectivity index (χ2v) is 5.91. The molecule has 0 spiro atoms. The molecular weight excluding hydrogens is 240 g/mol. The van der Waals surface area contributed by atoms with E-state index in [2.05, 4.69) is 19.9 Å². The van der Waals surface area contributed by atoms with Gasteiger partial charge in [-0.05, 0) is 25.2 Å². The third-order valence-corrected chi connectivity index (χ3v) is 3.74. The van der Waals surface area contributed by atoms with E-state index in [4.69, 9.17) is 5.26 Å². The highest BCUT2D eigenvalue weighted by Crippen LogP contribution is 2.29. The van der Waals surface area contributed by atoms with E-state index in [0.717, 1.165) is 38.6 Å². The molecule has 0 saturated carbocycles. The predicted molar refractivity (Wildman–Crippen MR) is 74.2 cm³/mol. The second kappa shape index (κ2) is 8.16. The monoisotopic (exact) mass is 266 g/mol. The molecule has 0 aromatic rings. The average molecular weight is 266 g/mol. The molecule has 1 N–H and O–H groups in total. The molecule has 1 fully saturated rings. The fourth-order valence-corrected chi connectivity index (χ4v) is 2.79. The molecule has 19 heavy (non-hydrogen) atoms. The van der Waals surface area contributed by atoms with Crippen LogP contribution >= 0.6 is 0 Å². The Kier molecular flexibility index (Phi) is 6.86. The van der Waals surface area contributed by atoms with E-state index in [1.807, 2.05) is 4.90 Å². The summed E-state index contributed by atoms with van der Waals surface area (Å²) in [4.78, 5) is 14.2. The largest absolute Gasteiger partial charge is 0.394 e. The van der Waals surface area contributed by atoms with Gasteiger partial charge in [0.25, 0.3) is 0 Å². The number of unbranched alkanes of at least 4 members (excludes halogenated alkanes) is 3. The summed E-state index contributed by atoms with van der Waals surface area (Å²) >= 11 is 0. The lowest BCUT2D eigenvalue weighted by Crippen LogP contribution is -2.38. The molecule has 1 heterocycles. The normalized spacial score (nSPS) is 23.1. The minimum absolute atomic E-state index is 0.0130. The molecule has 0 aliphatic carbocycles. The third kappa shape index (κ3) is 4.83. The van der Waals surface area contributed by atoms with Crippen molar-refractivity contribution in [2.75, 3.05) is 13.2 Å². The standard InChI is InChI=1S/C15H26N2O2/c1-12(2)10-17-14(11-18)9-13(15(17)19)7-5-3-4-6-8-16/h12-14,18H,3-7,9-11H2,1-2H3/t13-,14+/m1/s1. The summed E-state index contributed by atoms with van der Waals surface area (Å²) in [6, 6.07) is 2.15. The van der Waals surface area contributed by atoms with Gasteiger partial charge in [-0.25, -0.2) is 0 Å². The molecule has 4 heteroatoms. The van der Waals surface area contributed by atoms with Gasteiger partial charge >= 0.3 is 0 Å². The van der Waals surface area contributed by atoms with Gasteiger partial charge in [0.2, 0.25) is 5.91 Å². The molecule has 4 nitrogen and oxygen atoms in total. The van der Waals surface area contributed by atoms with Crippen LogP contribution in [0.5, 0.6) is 0 Å². The molecule has 0 bridgehead atoms. The van der Waals surface area contributed by atoms with Crippen molar-refractivity contribution in [1.82, 2.24) is 4.90 Å². The lowest BCUT2D eigenvalue weighted by Gasteiger charge is -2.25. The number of hydrogen-bond donors (Lipinski definition) is 1. The van der Waals surface area contributed by atoms with Crippen molar-refractivity contribution in [1.29, 1.82) is 5.26 Å². The van der Waals surface area contributed by atoms with E-state index in [1.54, 1.807) is 0 Å². The van der Waals surface area contributed by atoms with Crippen molar-refractivity contribution >= 4 is 5.91 Å². The molecule has 1 amide bonds. The van der Waals surface area contributed by atoms with E-state index < -0.39 is 0 Å². The Morgan fingerprint density at radius 3 is 2.74 bits per heavy atom. The Morgan fingerprint density at radius 2 is 2.16 bits per heavy atom. The van der Waals surface area contributed by atoms with Crippen LogP contribution in [0.25, 0.3) is 0 Å². The SMILES string of the molecule is CC(C)CN1C(=O)[C@H](CCCCCC#N)C[C@H]1CO. The van der Waals surface area contributed by atoms with Crippen LogP contribution in [-0.4, -0.2) is 35.1 Å². The maximum atomic E-state index is 12.3. The van der Waals surface area contributed by atoms with Gasteiger partial charge in [-0.2, -0.15) is 5.26 Å². The summed E-state index contributed by atoms with van der Waals surface area (Å²) in [5.41, 5.74) is 0. The summed E-state index contributed by atoms with van der Waals surface area (Å²) in [7, 11) is 0. The van der Waals surface area contributed by atoms with E-state index in [1.165, 1.54) is 0 Å². The van der Waals surface area contributed by atoms with Gasteiger partial charge in [0.1, 0.15) is 0 Å². The van der Waals surface area contributed by atoms with Crippen LogP contribution in [-0.2, 0) is 4.79 Å². The van der Waals surface area contributed by atoms with Crippen LogP contribution < -0.4 is 0 Å². The smallest absolute Gasteiger partial charge is 0.226 e. The summed E-state index contributed by atoms with van der Waals surface area (Å²) < 4.78 is 0. The van der Waals surface area contributed by atoms with E-state index in [0.29, 0.717) is 12.3 Å². The average Bonchev–Trinajstić information content (AvgIpc) is 2.66. The highest BCUT2D eigenvalue weighted by atomic mass is 16.3. The first-order chi connectivity index (χ1) is 9.10. The maximum Gasteiger partial charge on any atom is 0.226 e. The first kappa shape index (κ1) is 16.0. The fraction of sp³-hybridized carbons (Fsp3) is 0.867. The number of rotatable bonds is 8. The molecule has 1 saturated heterocycles. The van der Waals surface area contributed by atoms with Gasteiger partial charge in [-0.1, -0.05) is 26.7 Å². The van der Waals surface area contributed by atoms with Crippen LogP contribution in [0.1, 0.15) is 52.4 Å². The van der Waals surface area contributed by atoms with Crippen molar-refractivity contribution in [2.45, 2.75) is 58.4 Å². The number of carbonyl (C=O) groups excluding carboxylic acids is 1. The zero-order valence-electron chi connectivity index (χ0n) is 12.1. The molecule has 1 aliphatic rings. The molecule has 0 unspecified atom stereocenters. The predicted octanol–water partition coefficient (Wildman–Crippen LogP) is 2.33. The Morgan fingerprint density at radius 1 is 1.42 bits per heavy atom. The van der Waals surface area contributed by atoms with Crippen LogP contribution in [0.15, 0.2) is 0 Å². The molecule has 1 aliphatic heterocycles. The number of nitriles is 1. The second-order valence-electron chi connectivity index (χ2n) is 5.91. The van der Waals surface area contributed by atoms with Crippen molar-refractivity contribution < 1.29 is 9.90 Å². The quantitative estimate of drug-likeness (QED) is 0.686. The van der Waals surface area contributed by atoms with E-state index in [-0.39, 0.29) is 24.5 Å². The fourth-order valence-electron chi connectivity index (χ4n) is 2.79. The molecule has 0 radical (unpaired) electrons. The number of carbonyl (C=O) groups is 1. The third-order valence-electron chi connectivity index (χ3n) is 3.74. The summed E-state index contributed by atoms with van der Waals surface area (Å²) in [6.07, 6.45) is 5.25. The highest BCUT2D eigenvalue weighted by Gasteiger charge is 2.38. The molecule has 2 atom stereocenters. The summed E-state index contributed by atoms with van der Waals surface area (Å²) in [5, 5.41) is 17.9. The number of aliphatic hydroxyl groups is 1. The topological polar surface area (TPSA) is 64.3 Å². The lowest BCUT2D eigenvalue weighted by atomic mass is 9.97. The van der Waals surface area contributed by atoms with Crippen LogP contribution in [0.2, 0.25) is 0 Å². The van der Waals surface area contributed by atoms with Crippen molar-refractivity contribution in [3.63, 3.8) is 0 Å². The number of aliphatic hydroxyl groups excluding tert-OH is 1. The zero-order chi connectivity index (χ0) is 14.3. The molecule has 0 aromatic carbocycles. The zero-order valence-corrected chi connectivity index (χ0v) is 12.1. The van der Waals surface area contributed by atoms with E-state index in [9.17, 15) is 9.90 Å². The first-order valence-electron chi connectivity index (χ1n) is 7.38. The van der Waals surface area contributed by atoms with Gasteiger partial charge in [-0.15, -0.1) is 0 Å². The minimum Gasteiger partial charge on any atom is -0.394 e. The number of likely N-dealkylation sites (tertiary alicyclic amines) is 1. The molecule has 108 valence electrons. The van der Waals surface area contributed by atoms with Crippen molar-refractivity contribution in [3.05, 3.63) is 0 Å².